The van der Waals surface area contributed by atoms with Crippen LogP contribution in [0.2, 0.25) is 0 Å². The molecule has 2 heterocycles. The number of nitrogens with one attached hydrogen (secondary N) is 1. The zero-order chi connectivity index (χ0) is 25.9. The molecule has 1 aromatic heterocycles. The number of pyridine rings is 1. The van der Waals surface area contributed by atoms with Gasteiger partial charge in [0.15, 0.2) is 0 Å². The molecule has 4 bridgehead atoms. The van der Waals surface area contributed by atoms with Gasteiger partial charge in [-0.3, -0.25) is 9.69 Å². The number of alkyl halides is 3. The average Bonchev–Trinajstić information content (AvgIpc) is 2.79. The van der Waals surface area contributed by atoms with Crippen LogP contribution in [0.1, 0.15) is 51.5 Å². The summed E-state index contributed by atoms with van der Waals surface area (Å²) in [6, 6.07) is 2.32. The second kappa shape index (κ2) is 8.78. The maximum absolute atomic E-state index is 13.5. The number of piperazine rings is 1. The number of carboxylic acid groups (broad SMARTS) is 1. The van der Waals surface area contributed by atoms with Gasteiger partial charge in [0, 0.05) is 38.4 Å². The maximum Gasteiger partial charge on any atom is 0.506 e. The summed E-state index contributed by atoms with van der Waals surface area (Å²) >= 11 is 0. The Balaban J connectivity index is 1.22. The molecule has 11 heteroatoms. The van der Waals surface area contributed by atoms with Crippen molar-refractivity contribution in [1.29, 1.82) is 0 Å². The van der Waals surface area contributed by atoms with Crippen LogP contribution in [0.3, 0.4) is 0 Å². The molecule has 5 aliphatic rings. The third-order valence-electron chi connectivity index (χ3n) is 8.84. The first-order valence-electron chi connectivity index (χ1n) is 12.6. The number of carbonyl (C=O) groups is 2. The summed E-state index contributed by atoms with van der Waals surface area (Å²) < 4.78 is 45.7. The van der Waals surface area contributed by atoms with E-state index in [1.165, 1.54) is 12.3 Å². The lowest BCUT2D eigenvalue weighted by Crippen LogP contribution is -2.66. The van der Waals surface area contributed by atoms with Crippen LogP contribution in [-0.4, -0.2) is 70.4 Å². The molecule has 1 aliphatic heterocycles. The van der Waals surface area contributed by atoms with E-state index in [1.54, 1.807) is 4.90 Å². The van der Waals surface area contributed by atoms with Crippen molar-refractivity contribution < 1.29 is 32.6 Å². The normalized spacial score (nSPS) is 32.4. The van der Waals surface area contributed by atoms with Crippen molar-refractivity contribution in [2.75, 3.05) is 31.1 Å². The highest BCUT2D eigenvalue weighted by Crippen LogP contribution is 2.57. The zero-order valence-electron chi connectivity index (χ0n) is 20.6. The van der Waals surface area contributed by atoms with Gasteiger partial charge in [0.25, 0.3) is 0 Å². The number of anilines is 1. The van der Waals surface area contributed by atoms with Gasteiger partial charge in [-0.05, 0) is 75.8 Å². The van der Waals surface area contributed by atoms with E-state index in [2.05, 4.69) is 10.3 Å². The molecule has 8 nitrogen and oxygen atoms in total. The number of nitrogens with zero attached hydrogens (tertiary/aromatic N) is 3. The van der Waals surface area contributed by atoms with E-state index in [1.807, 2.05) is 18.7 Å². The van der Waals surface area contributed by atoms with Crippen molar-refractivity contribution in [3.8, 4) is 0 Å². The SMILES string of the molecule is CC(C)(C(=O)NC1C2CC3CC1CC(OC(=O)O)(C3)C2)N1CCN(c2ncccc2C(F)(F)F)CC1. The van der Waals surface area contributed by atoms with Gasteiger partial charge in [-0.25, -0.2) is 9.78 Å². The summed E-state index contributed by atoms with van der Waals surface area (Å²) in [6.07, 6.45) is -0.351. The molecule has 1 aromatic rings. The van der Waals surface area contributed by atoms with E-state index in [4.69, 9.17) is 4.74 Å². The lowest BCUT2D eigenvalue weighted by molar-refractivity contribution is -0.157. The Morgan fingerprint density at radius 2 is 1.75 bits per heavy atom. The standard InChI is InChI=1S/C25H33F3N4O4/c1-23(2,32-8-6-31(7-9-32)20-18(25(26,27)28)4-3-5-29-20)21(33)30-19-16-10-15-11-17(19)14-24(12-15,13-16)36-22(34)35/h3-5,15-17,19H,6-14H2,1-2H3,(H,30,33)(H,34,35). The van der Waals surface area contributed by atoms with Gasteiger partial charge in [-0.15, -0.1) is 0 Å². The number of carbonyl (C=O) groups excluding carboxylic acids is 1. The summed E-state index contributed by atoms with van der Waals surface area (Å²) in [4.78, 5) is 32.4. The summed E-state index contributed by atoms with van der Waals surface area (Å²) in [7, 11) is 0. The van der Waals surface area contributed by atoms with E-state index in [9.17, 15) is 27.9 Å². The fraction of sp³-hybridized carbons (Fsp3) is 0.720. The number of aromatic nitrogens is 1. The van der Waals surface area contributed by atoms with Gasteiger partial charge in [0.1, 0.15) is 11.4 Å². The molecule has 2 N–H and O–H groups in total. The van der Waals surface area contributed by atoms with Crippen LogP contribution in [0.5, 0.6) is 0 Å². The van der Waals surface area contributed by atoms with Crippen molar-refractivity contribution in [2.45, 2.75) is 69.3 Å². The molecule has 0 spiro atoms. The minimum atomic E-state index is -4.48. The van der Waals surface area contributed by atoms with Gasteiger partial charge in [-0.2, -0.15) is 13.2 Å². The monoisotopic (exact) mass is 510 g/mol. The fourth-order valence-electron chi connectivity index (χ4n) is 7.31. The molecule has 2 atom stereocenters. The van der Waals surface area contributed by atoms with Gasteiger partial charge in [-0.1, -0.05) is 0 Å². The van der Waals surface area contributed by atoms with Gasteiger partial charge in [0.2, 0.25) is 5.91 Å². The third kappa shape index (κ3) is 4.50. The van der Waals surface area contributed by atoms with E-state index in [0.717, 1.165) is 25.3 Å². The number of hydrogen-bond donors (Lipinski definition) is 2. The number of rotatable bonds is 5. The molecule has 1 amide bonds. The van der Waals surface area contributed by atoms with E-state index in [0.29, 0.717) is 44.9 Å². The molecule has 36 heavy (non-hydrogen) atoms. The zero-order valence-corrected chi connectivity index (χ0v) is 20.6. The third-order valence-corrected chi connectivity index (χ3v) is 8.84. The van der Waals surface area contributed by atoms with Gasteiger partial charge >= 0.3 is 12.3 Å². The topological polar surface area (TPSA) is 95.0 Å². The Hall–Kier alpha value is -2.56. The molecular weight excluding hydrogens is 477 g/mol. The molecule has 1 saturated heterocycles. The number of amides is 1. The largest absolute Gasteiger partial charge is 0.506 e. The minimum Gasteiger partial charge on any atom is -0.450 e. The van der Waals surface area contributed by atoms with E-state index >= 15 is 0 Å². The van der Waals surface area contributed by atoms with Crippen molar-refractivity contribution in [2.24, 2.45) is 17.8 Å². The first kappa shape index (κ1) is 25.1. The molecule has 198 valence electrons. The van der Waals surface area contributed by atoms with Crippen LogP contribution in [-0.2, 0) is 15.7 Å². The van der Waals surface area contributed by atoms with Crippen LogP contribution in [0.15, 0.2) is 18.3 Å². The highest BCUT2D eigenvalue weighted by atomic mass is 19.4. The number of halogens is 3. The average molecular weight is 511 g/mol. The Morgan fingerprint density at radius 3 is 2.33 bits per heavy atom. The summed E-state index contributed by atoms with van der Waals surface area (Å²) in [5, 5.41) is 12.5. The first-order chi connectivity index (χ1) is 16.9. The molecule has 2 unspecified atom stereocenters. The van der Waals surface area contributed by atoms with Crippen LogP contribution in [0, 0.1) is 17.8 Å². The van der Waals surface area contributed by atoms with Crippen molar-refractivity contribution >= 4 is 17.9 Å². The molecule has 4 saturated carbocycles. The van der Waals surface area contributed by atoms with Gasteiger partial charge in [0.05, 0.1) is 11.1 Å². The Labute approximate surface area is 208 Å². The first-order valence-corrected chi connectivity index (χ1v) is 12.6. The van der Waals surface area contributed by atoms with E-state index in [-0.39, 0.29) is 29.6 Å². The lowest BCUT2D eigenvalue weighted by atomic mass is 9.52. The number of hydrogen-bond acceptors (Lipinski definition) is 6. The van der Waals surface area contributed by atoms with Crippen LogP contribution < -0.4 is 10.2 Å². The molecular formula is C25H33F3N4O4. The molecule has 0 radical (unpaired) electrons. The van der Waals surface area contributed by atoms with Crippen LogP contribution in [0.4, 0.5) is 23.8 Å². The molecule has 5 fully saturated rings. The molecule has 6 rings (SSSR count). The maximum atomic E-state index is 13.5. The smallest absolute Gasteiger partial charge is 0.450 e. The van der Waals surface area contributed by atoms with Crippen LogP contribution >= 0.6 is 0 Å². The minimum absolute atomic E-state index is 0.0111. The number of ether oxygens (including phenoxy) is 1. The second-order valence-electron chi connectivity index (χ2n) is 11.4. The summed E-state index contributed by atoms with van der Waals surface area (Å²) in [5.41, 5.74) is -2.20. The summed E-state index contributed by atoms with van der Waals surface area (Å²) in [5.74, 6) is 0.645. The lowest BCUT2D eigenvalue weighted by Gasteiger charge is -2.59. The van der Waals surface area contributed by atoms with Crippen molar-refractivity contribution in [3.05, 3.63) is 23.9 Å². The second-order valence-corrected chi connectivity index (χ2v) is 11.4. The van der Waals surface area contributed by atoms with Crippen molar-refractivity contribution in [3.63, 3.8) is 0 Å². The van der Waals surface area contributed by atoms with Crippen LogP contribution in [0.25, 0.3) is 0 Å². The Kier molecular flexibility index (Phi) is 6.12. The van der Waals surface area contributed by atoms with Gasteiger partial charge < -0.3 is 20.1 Å². The highest BCUT2D eigenvalue weighted by molar-refractivity contribution is 5.85. The predicted octanol–water partition coefficient (Wildman–Crippen LogP) is 3.76. The predicted molar refractivity (Wildman–Crippen MR) is 124 cm³/mol. The highest BCUT2D eigenvalue weighted by Gasteiger charge is 2.58. The quantitative estimate of drug-likeness (QED) is 0.583. The fourth-order valence-corrected chi connectivity index (χ4v) is 7.31. The van der Waals surface area contributed by atoms with Crippen molar-refractivity contribution in [1.82, 2.24) is 15.2 Å². The molecule has 0 aromatic carbocycles. The Morgan fingerprint density at radius 1 is 1.11 bits per heavy atom. The molecule has 4 aliphatic carbocycles. The Bertz CT molecular complexity index is 1010. The summed E-state index contributed by atoms with van der Waals surface area (Å²) in [6.45, 7) is 5.24. The van der Waals surface area contributed by atoms with E-state index < -0.39 is 29.0 Å².